The van der Waals surface area contributed by atoms with Gasteiger partial charge in [0.2, 0.25) is 0 Å². The van der Waals surface area contributed by atoms with Crippen LogP contribution in [0, 0.1) is 20.8 Å². The summed E-state index contributed by atoms with van der Waals surface area (Å²) in [7, 11) is 0. The van der Waals surface area contributed by atoms with Crippen molar-refractivity contribution in [2.45, 2.75) is 20.8 Å². The summed E-state index contributed by atoms with van der Waals surface area (Å²) in [5.41, 5.74) is 4.78. The highest BCUT2D eigenvalue weighted by Gasteiger charge is 2.03. The van der Waals surface area contributed by atoms with Crippen LogP contribution in [-0.2, 0) is 0 Å². The number of aromatic nitrogens is 1. The van der Waals surface area contributed by atoms with E-state index in [2.05, 4.69) is 64.3 Å². The van der Waals surface area contributed by atoms with E-state index in [0.717, 1.165) is 21.5 Å². The highest BCUT2D eigenvalue weighted by atomic mass is 79.9. The molecule has 1 heterocycles. The van der Waals surface area contributed by atoms with E-state index in [0.29, 0.717) is 0 Å². The molecular weight excluding hydrogens is 276 g/mol. The van der Waals surface area contributed by atoms with Crippen molar-refractivity contribution in [2.75, 3.05) is 5.32 Å². The van der Waals surface area contributed by atoms with Gasteiger partial charge in [0.25, 0.3) is 0 Å². The average Bonchev–Trinajstić information content (AvgIpc) is 2.27. The molecular formula is C14H15BrN2. The molecule has 0 amide bonds. The van der Waals surface area contributed by atoms with Crippen molar-refractivity contribution in [3.8, 4) is 0 Å². The third kappa shape index (κ3) is 2.86. The Hall–Kier alpha value is -1.35. The van der Waals surface area contributed by atoms with Crippen LogP contribution in [0.5, 0.6) is 0 Å². The smallest absolute Gasteiger partial charge is 0.144 e. The van der Waals surface area contributed by atoms with Crippen molar-refractivity contribution >= 4 is 27.4 Å². The Balaban J connectivity index is 2.28. The van der Waals surface area contributed by atoms with Crippen LogP contribution in [0.2, 0.25) is 0 Å². The highest BCUT2D eigenvalue weighted by molar-refractivity contribution is 9.10. The molecule has 0 spiro atoms. The minimum atomic E-state index is 0.846. The van der Waals surface area contributed by atoms with Gasteiger partial charge in [0, 0.05) is 11.9 Å². The molecule has 1 aromatic heterocycles. The fraction of sp³-hybridized carbons (Fsp3) is 0.214. The lowest BCUT2D eigenvalue weighted by atomic mass is 10.1. The van der Waals surface area contributed by atoms with Gasteiger partial charge in [0.15, 0.2) is 0 Å². The second kappa shape index (κ2) is 4.88. The summed E-state index contributed by atoms with van der Waals surface area (Å²) in [5.74, 6) is 0.846. The van der Waals surface area contributed by atoms with Crippen molar-refractivity contribution < 1.29 is 0 Å². The Labute approximate surface area is 110 Å². The molecule has 1 aromatic carbocycles. The number of aryl methyl sites for hydroxylation is 3. The molecule has 0 aliphatic heterocycles. The van der Waals surface area contributed by atoms with Gasteiger partial charge in [-0.1, -0.05) is 6.07 Å². The Morgan fingerprint density at radius 3 is 2.47 bits per heavy atom. The zero-order chi connectivity index (χ0) is 12.4. The zero-order valence-electron chi connectivity index (χ0n) is 10.2. The van der Waals surface area contributed by atoms with Crippen molar-refractivity contribution in [1.29, 1.82) is 0 Å². The Morgan fingerprint density at radius 2 is 1.82 bits per heavy atom. The van der Waals surface area contributed by atoms with Crippen molar-refractivity contribution in [3.63, 3.8) is 0 Å². The molecule has 0 unspecified atom stereocenters. The molecule has 2 nitrogen and oxygen atoms in total. The second-order valence-electron chi connectivity index (χ2n) is 4.27. The number of rotatable bonds is 2. The lowest BCUT2D eigenvalue weighted by Crippen LogP contribution is -1.96. The Kier molecular flexibility index (Phi) is 3.48. The van der Waals surface area contributed by atoms with E-state index in [1.165, 1.54) is 11.1 Å². The molecule has 2 aromatic rings. The fourth-order valence-electron chi connectivity index (χ4n) is 1.58. The predicted molar refractivity (Wildman–Crippen MR) is 75.9 cm³/mol. The molecule has 17 heavy (non-hydrogen) atoms. The molecule has 0 aliphatic rings. The quantitative estimate of drug-likeness (QED) is 0.880. The monoisotopic (exact) mass is 290 g/mol. The second-order valence-corrected chi connectivity index (χ2v) is 5.12. The first-order valence-corrected chi connectivity index (χ1v) is 6.32. The number of pyridine rings is 1. The maximum atomic E-state index is 4.37. The summed E-state index contributed by atoms with van der Waals surface area (Å²) in [5, 5.41) is 3.31. The van der Waals surface area contributed by atoms with E-state index in [4.69, 9.17) is 0 Å². The largest absolute Gasteiger partial charge is 0.339 e. The van der Waals surface area contributed by atoms with Gasteiger partial charge < -0.3 is 5.32 Å². The van der Waals surface area contributed by atoms with Gasteiger partial charge in [-0.25, -0.2) is 4.98 Å². The molecule has 0 saturated carbocycles. The van der Waals surface area contributed by atoms with E-state index < -0.39 is 0 Å². The third-order valence-electron chi connectivity index (χ3n) is 2.75. The summed E-state index contributed by atoms with van der Waals surface area (Å²) >= 11 is 3.51. The normalized spacial score (nSPS) is 10.4. The zero-order valence-corrected chi connectivity index (χ0v) is 11.8. The average molecular weight is 291 g/mol. The molecule has 2 rings (SSSR count). The SMILES string of the molecule is Cc1cnc(Nc2ccc(C)c(C)c2)c(Br)c1. The van der Waals surface area contributed by atoms with Gasteiger partial charge in [-0.05, 0) is 71.6 Å². The molecule has 0 saturated heterocycles. The summed E-state index contributed by atoms with van der Waals surface area (Å²) < 4.78 is 0.982. The number of anilines is 2. The summed E-state index contributed by atoms with van der Waals surface area (Å²) in [6, 6.07) is 8.36. The van der Waals surface area contributed by atoms with Crippen LogP contribution in [0.25, 0.3) is 0 Å². The van der Waals surface area contributed by atoms with E-state index in [1.54, 1.807) is 0 Å². The molecule has 0 aliphatic carbocycles. The molecule has 88 valence electrons. The van der Waals surface area contributed by atoms with Crippen molar-refractivity contribution in [3.05, 3.63) is 51.6 Å². The van der Waals surface area contributed by atoms with Gasteiger partial charge >= 0.3 is 0 Å². The number of nitrogens with one attached hydrogen (secondary N) is 1. The Bertz CT molecular complexity index is 550. The van der Waals surface area contributed by atoms with Crippen molar-refractivity contribution in [1.82, 2.24) is 4.98 Å². The fourth-order valence-corrected chi connectivity index (χ4v) is 2.14. The first kappa shape index (κ1) is 12.1. The highest BCUT2D eigenvalue weighted by Crippen LogP contribution is 2.25. The molecule has 0 bridgehead atoms. The van der Waals surface area contributed by atoms with Crippen LogP contribution in [0.15, 0.2) is 34.9 Å². The minimum absolute atomic E-state index is 0.846. The lowest BCUT2D eigenvalue weighted by molar-refractivity contribution is 1.24. The number of hydrogen-bond donors (Lipinski definition) is 1. The molecule has 0 fully saturated rings. The van der Waals surface area contributed by atoms with Gasteiger partial charge in [-0.2, -0.15) is 0 Å². The van der Waals surface area contributed by atoms with Crippen LogP contribution in [0.3, 0.4) is 0 Å². The lowest BCUT2D eigenvalue weighted by Gasteiger charge is -2.09. The van der Waals surface area contributed by atoms with Gasteiger partial charge in [0.1, 0.15) is 5.82 Å². The van der Waals surface area contributed by atoms with Gasteiger partial charge in [0.05, 0.1) is 4.47 Å². The van der Waals surface area contributed by atoms with Crippen molar-refractivity contribution in [2.24, 2.45) is 0 Å². The van der Waals surface area contributed by atoms with E-state index >= 15 is 0 Å². The Morgan fingerprint density at radius 1 is 1.06 bits per heavy atom. The number of halogens is 1. The first-order chi connectivity index (χ1) is 8.06. The van der Waals surface area contributed by atoms with Crippen LogP contribution in [-0.4, -0.2) is 4.98 Å². The molecule has 1 N–H and O–H groups in total. The standard InChI is InChI=1S/C14H15BrN2/c1-9-6-13(15)14(16-8-9)17-12-5-4-10(2)11(3)7-12/h4-8H,1-3H3,(H,16,17). The first-order valence-electron chi connectivity index (χ1n) is 5.52. The van der Waals surface area contributed by atoms with E-state index in [1.807, 2.05) is 13.1 Å². The van der Waals surface area contributed by atoms with Gasteiger partial charge in [-0.3, -0.25) is 0 Å². The summed E-state index contributed by atoms with van der Waals surface area (Å²) in [6.45, 7) is 6.24. The molecule has 3 heteroatoms. The third-order valence-corrected chi connectivity index (χ3v) is 3.35. The van der Waals surface area contributed by atoms with Crippen LogP contribution in [0.4, 0.5) is 11.5 Å². The topological polar surface area (TPSA) is 24.9 Å². The van der Waals surface area contributed by atoms with Gasteiger partial charge in [-0.15, -0.1) is 0 Å². The molecule has 0 radical (unpaired) electrons. The summed E-state index contributed by atoms with van der Waals surface area (Å²) in [6.07, 6.45) is 1.86. The maximum absolute atomic E-state index is 4.37. The maximum Gasteiger partial charge on any atom is 0.144 e. The van der Waals surface area contributed by atoms with Crippen LogP contribution < -0.4 is 5.32 Å². The molecule has 0 atom stereocenters. The minimum Gasteiger partial charge on any atom is -0.339 e. The number of hydrogen-bond acceptors (Lipinski definition) is 2. The van der Waals surface area contributed by atoms with Crippen LogP contribution >= 0.6 is 15.9 Å². The van der Waals surface area contributed by atoms with E-state index in [9.17, 15) is 0 Å². The number of nitrogens with zero attached hydrogens (tertiary/aromatic N) is 1. The van der Waals surface area contributed by atoms with E-state index in [-0.39, 0.29) is 0 Å². The predicted octanol–water partition coefficient (Wildman–Crippen LogP) is 4.51. The number of benzene rings is 1. The van der Waals surface area contributed by atoms with Crippen LogP contribution in [0.1, 0.15) is 16.7 Å². The summed E-state index contributed by atoms with van der Waals surface area (Å²) in [4.78, 5) is 4.37.